The first kappa shape index (κ1) is 29.1. The Bertz CT molecular complexity index is 3110. The molecular formula is C47H32N4O. The molecule has 0 aliphatic carbocycles. The van der Waals surface area contributed by atoms with E-state index in [2.05, 4.69) is 156 Å². The molecule has 0 saturated heterocycles. The highest BCUT2D eigenvalue weighted by atomic mass is 16.5. The van der Waals surface area contributed by atoms with Crippen LogP contribution in [0.2, 0.25) is 0 Å². The second-order valence-electron chi connectivity index (χ2n) is 13.9. The fourth-order valence-corrected chi connectivity index (χ4v) is 8.50. The van der Waals surface area contributed by atoms with Gasteiger partial charge in [0.05, 0.1) is 28.1 Å². The normalized spacial score (nSPS) is 12.3. The first-order chi connectivity index (χ1) is 25.6. The molecule has 10 aromatic rings. The van der Waals surface area contributed by atoms with Gasteiger partial charge >= 0.3 is 0 Å². The summed E-state index contributed by atoms with van der Waals surface area (Å²) in [6, 6.07) is 49.5. The zero-order chi connectivity index (χ0) is 34.5. The van der Waals surface area contributed by atoms with E-state index in [0.29, 0.717) is 0 Å². The van der Waals surface area contributed by atoms with Gasteiger partial charge in [0, 0.05) is 51.4 Å². The Morgan fingerprint density at radius 3 is 2.15 bits per heavy atom. The summed E-state index contributed by atoms with van der Waals surface area (Å²) in [7, 11) is 0. The van der Waals surface area contributed by atoms with Gasteiger partial charge in [-0.15, -0.1) is 0 Å². The van der Waals surface area contributed by atoms with Crippen molar-refractivity contribution in [3.05, 3.63) is 168 Å². The van der Waals surface area contributed by atoms with Gasteiger partial charge in [-0.1, -0.05) is 91.0 Å². The quantitative estimate of drug-likeness (QED) is 0.175. The lowest BCUT2D eigenvalue weighted by Crippen LogP contribution is -2.08. The van der Waals surface area contributed by atoms with Crippen molar-refractivity contribution < 1.29 is 4.74 Å². The molecule has 246 valence electrons. The van der Waals surface area contributed by atoms with E-state index < -0.39 is 0 Å². The molecule has 0 N–H and O–H groups in total. The molecule has 0 radical (unpaired) electrons. The molecule has 0 atom stereocenters. The van der Waals surface area contributed by atoms with Gasteiger partial charge in [0.15, 0.2) is 0 Å². The van der Waals surface area contributed by atoms with E-state index in [1.165, 1.54) is 49.5 Å². The van der Waals surface area contributed by atoms with E-state index in [1.54, 1.807) is 0 Å². The van der Waals surface area contributed by atoms with Crippen molar-refractivity contribution in [2.75, 3.05) is 0 Å². The van der Waals surface area contributed by atoms with Crippen molar-refractivity contribution in [2.24, 2.45) is 0 Å². The standard InChI is InChI=1S/C47H32N4O/c1-28-11-3-5-14-34(28)43-45(35-15-6-4-12-29(35)2)50-41-19-8-7-16-37(41)36-23-22-32(26-40(36)47(50)49-43)52-33-21-20-30-25-31-13-9-17-38-39-18-10-24-48-46(39)51(44(31)38)42(30)27-33/h3-24,26-27H,25H2,1-2H3. The molecule has 11 rings (SSSR count). The average Bonchev–Trinajstić information content (AvgIpc) is 3.74. The van der Waals surface area contributed by atoms with Crippen LogP contribution in [0.15, 0.2) is 146 Å². The van der Waals surface area contributed by atoms with Crippen LogP contribution >= 0.6 is 0 Å². The number of para-hydroxylation sites is 2. The van der Waals surface area contributed by atoms with Crippen LogP contribution in [0.25, 0.3) is 77.5 Å². The van der Waals surface area contributed by atoms with Crippen LogP contribution in [0.4, 0.5) is 0 Å². The Hall–Kier alpha value is -6.72. The predicted molar refractivity (Wildman–Crippen MR) is 212 cm³/mol. The minimum Gasteiger partial charge on any atom is -0.457 e. The molecule has 1 aliphatic rings. The highest BCUT2D eigenvalue weighted by Gasteiger charge is 2.25. The molecule has 0 saturated carbocycles. The maximum absolute atomic E-state index is 6.76. The predicted octanol–water partition coefficient (Wildman–Crippen LogP) is 11.8. The van der Waals surface area contributed by atoms with Gasteiger partial charge in [0.25, 0.3) is 0 Å². The molecule has 5 heterocycles. The van der Waals surface area contributed by atoms with Crippen molar-refractivity contribution in [2.45, 2.75) is 20.3 Å². The summed E-state index contributed by atoms with van der Waals surface area (Å²) in [4.78, 5) is 10.3. The number of rotatable bonds is 4. The van der Waals surface area contributed by atoms with Crippen molar-refractivity contribution in [3.63, 3.8) is 0 Å². The van der Waals surface area contributed by atoms with Crippen LogP contribution < -0.4 is 4.74 Å². The van der Waals surface area contributed by atoms with Crippen LogP contribution in [-0.4, -0.2) is 18.9 Å². The molecule has 1 aliphatic heterocycles. The molecular weight excluding hydrogens is 637 g/mol. The maximum Gasteiger partial charge on any atom is 0.146 e. The van der Waals surface area contributed by atoms with Crippen molar-refractivity contribution in [1.29, 1.82) is 0 Å². The first-order valence-corrected chi connectivity index (χ1v) is 17.8. The summed E-state index contributed by atoms with van der Waals surface area (Å²) >= 11 is 0. The Morgan fingerprint density at radius 1 is 0.558 bits per heavy atom. The fourth-order valence-electron chi connectivity index (χ4n) is 8.50. The number of ether oxygens (including phenoxy) is 1. The summed E-state index contributed by atoms with van der Waals surface area (Å²) in [6.07, 6.45) is 2.75. The fraction of sp³-hybridized carbons (Fsp3) is 0.0638. The van der Waals surface area contributed by atoms with Gasteiger partial charge < -0.3 is 4.74 Å². The number of hydrogen-bond acceptors (Lipinski definition) is 3. The number of fused-ring (bicyclic) bond motifs is 11. The third-order valence-electron chi connectivity index (χ3n) is 10.9. The van der Waals surface area contributed by atoms with E-state index in [-0.39, 0.29) is 0 Å². The van der Waals surface area contributed by atoms with Gasteiger partial charge in [-0.25, -0.2) is 9.97 Å². The number of hydrogen-bond donors (Lipinski definition) is 0. The summed E-state index contributed by atoms with van der Waals surface area (Å²) < 4.78 is 11.4. The first-order valence-electron chi connectivity index (χ1n) is 17.8. The van der Waals surface area contributed by atoms with Crippen LogP contribution in [0, 0.1) is 13.8 Å². The van der Waals surface area contributed by atoms with E-state index in [4.69, 9.17) is 14.7 Å². The van der Waals surface area contributed by atoms with E-state index in [9.17, 15) is 0 Å². The van der Waals surface area contributed by atoms with Gasteiger partial charge in [-0.05, 0) is 84.0 Å². The molecule has 0 spiro atoms. The van der Waals surface area contributed by atoms with Crippen LogP contribution in [-0.2, 0) is 6.42 Å². The van der Waals surface area contributed by atoms with Gasteiger partial charge in [-0.2, -0.15) is 0 Å². The zero-order valence-electron chi connectivity index (χ0n) is 28.8. The lowest BCUT2D eigenvalue weighted by atomic mass is 9.97. The largest absolute Gasteiger partial charge is 0.457 e. The highest BCUT2D eigenvalue weighted by Crippen LogP contribution is 2.43. The number of benzene rings is 6. The molecule has 4 aromatic heterocycles. The van der Waals surface area contributed by atoms with E-state index >= 15 is 0 Å². The Balaban J connectivity index is 1.13. The van der Waals surface area contributed by atoms with E-state index in [1.807, 2.05) is 12.3 Å². The minimum absolute atomic E-state index is 0.763. The Labute approximate surface area is 300 Å². The minimum atomic E-state index is 0.763. The molecule has 5 heteroatoms. The molecule has 5 nitrogen and oxygen atoms in total. The molecule has 6 aromatic carbocycles. The molecule has 0 bridgehead atoms. The summed E-state index contributed by atoms with van der Waals surface area (Å²) in [5.41, 5.74) is 14.7. The lowest BCUT2D eigenvalue weighted by Gasteiger charge is -2.21. The van der Waals surface area contributed by atoms with Crippen molar-refractivity contribution in [3.8, 4) is 39.7 Å². The maximum atomic E-state index is 6.76. The Morgan fingerprint density at radius 2 is 1.29 bits per heavy atom. The summed E-state index contributed by atoms with van der Waals surface area (Å²) in [6.45, 7) is 4.35. The third-order valence-corrected chi connectivity index (χ3v) is 10.9. The van der Waals surface area contributed by atoms with Gasteiger partial charge in [0.2, 0.25) is 0 Å². The lowest BCUT2D eigenvalue weighted by molar-refractivity contribution is 0.483. The highest BCUT2D eigenvalue weighted by molar-refractivity contribution is 6.14. The van der Waals surface area contributed by atoms with Crippen LogP contribution in [0.1, 0.15) is 22.3 Å². The summed E-state index contributed by atoms with van der Waals surface area (Å²) in [5.74, 6) is 1.55. The summed E-state index contributed by atoms with van der Waals surface area (Å²) in [5, 5.41) is 5.75. The number of nitrogens with zero attached hydrogens (tertiary/aromatic N) is 4. The number of aromatic nitrogens is 4. The number of pyridine rings is 2. The monoisotopic (exact) mass is 668 g/mol. The number of imidazole rings is 1. The van der Waals surface area contributed by atoms with E-state index in [0.717, 1.165) is 68.1 Å². The van der Waals surface area contributed by atoms with Crippen LogP contribution in [0.5, 0.6) is 11.5 Å². The number of aryl methyl sites for hydroxylation is 2. The van der Waals surface area contributed by atoms with Gasteiger partial charge in [0.1, 0.15) is 22.8 Å². The second kappa shape index (κ2) is 10.9. The average molecular weight is 669 g/mol. The molecule has 0 unspecified atom stereocenters. The molecule has 52 heavy (non-hydrogen) atoms. The third kappa shape index (κ3) is 4.11. The zero-order valence-corrected chi connectivity index (χ0v) is 28.8. The second-order valence-corrected chi connectivity index (χ2v) is 13.9. The Kier molecular flexibility index (Phi) is 6.08. The SMILES string of the molecule is Cc1ccccc1-c1nc2c3cc(Oc4ccc5c(c4)-n4c6ncccc6c6cccc(c64)C5)ccc3c3ccccc3n2c1-c1ccccc1C. The smallest absolute Gasteiger partial charge is 0.146 e. The van der Waals surface area contributed by atoms with Crippen molar-refractivity contribution in [1.82, 2.24) is 18.9 Å². The molecule has 0 fully saturated rings. The van der Waals surface area contributed by atoms with Gasteiger partial charge in [-0.3, -0.25) is 8.97 Å². The topological polar surface area (TPSA) is 44.3 Å². The van der Waals surface area contributed by atoms with Crippen LogP contribution in [0.3, 0.4) is 0 Å². The van der Waals surface area contributed by atoms with Crippen molar-refractivity contribution >= 4 is 49.3 Å². The molecule has 0 amide bonds.